The fraction of sp³-hybridized carbons (Fsp3) is 1.00. The second kappa shape index (κ2) is 4.19. The molecular weight excluding hydrogens is 174 g/mol. The van der Waals surface area contributed by atoms with Gasteiger partial charge in [-0.15, -0.1) is 0 Å². The van der Waals surface area contributed by atoms with Gasteiger partial charge in [0, 0.05) is 18.6 Å². The van der Waals surface area contributed by atoms with Crippen molar-refractivity contribution in [2.45, 2.75) is 59.2 Å². The SMILES string of the molecule is CC(C)C1COC(C)(C)CN1C(C)C. The van der Waals surface area contributed by atoms with Crippen LogP contribution in [-0.4, -0.2) is 35.7 Å². The van der Waals surface area contributed by atoms with Crippen LogP contribution < -0.4 is 0 Å². The molecule has 0 saturated carbocycles. The number of ether oxygens (including phenoxy) is 1. The molecule has 0 aromatic heterocycles. The highest BCUT2D eigenvalue weighted by Gasteiger charge is 2.36. The molecule has 2 heteroatoms. The molecule has 1 atom stereocenters. The highest BCUT2D eigenvalue weighted by molar-refractivity contribution is 4.88. The van der Waals surface area contributed by atoms with Gasteiger partial charge in [-0.05, 0) is 33.6 Å². The van der Waals surface area contributed by atoms with Crippen molar-refractivity contribution in [1.29, 1.82) is 0 Å². The maximum absolute atomic E-state index is 5.88. The van der Waals surface area contributed by atoms with Crippen molar-refractivity contribution in [3.05, 3.63) is 0 Å². The van der Waals surface area contributed by atoms with E-state index in [1.165, 1.54) is 0 Å². The molecule has 84 valence electrons. The fourth-order valence-electron chi connectivity index (χ4n) is 2.15. The average molecular weight is 199 g/mol. The summed E-state index contributed by atoms with van der Waals surface area (Å²) in [5.41, 5.74) is 0.0235. The average Bonchev–Trinajstić information content (AvgIpc) is 2.01. The summed E-state index contributed by atoms with van der Waals surface area (Å²) < 4.78 is 5.88. The van der Waals surface area contributed by atoms with E-state index in [0.29, 0.717) is 18.0 Å². The fourth-order valence-corrected chi connectivity index (χ4v) is 2.15. The molecule has 0 aromatic carbocycles. The molecule has 0 amide bonds. The first-order chi connectivity index (χ1) is 6.33. The highest BCUT2D eigenvalue weighted by atomic mass is 16.5. The molecule has 1 aliphatic rings. The maximum Gasteiger partial charge on any atom is 0.0753 e. The van der Waals surface area contributed by atoms with Gasteiger partial charge in [0.15, 0.2) is 0 Å². The maximum atomic E-state index is 5.88. The Morgan fingerprint density at radius 3 is 2.21 bits per heavy atom. The van der Waals surface area contributed by atoms with Crippen molar-refractivity contribution in [2.75, 3.05) is 13.2 Å². The molecule has 1 rings (SSSR count). The van der Waals surface area contributed by atoms with Gasteiger partial charge in [-0.1, -0.05) is 13.8 Å². The van der Waals surface area contributed by atoms with E-state index in [1.54, 1.807) is 0 Å². The van der Waals surface area contributed by atoms with Crippen molar-refractivity contribution < 1.29 is 4.74 Å². The quantitative estimate of drug-likeness (QED) is 0.677. The van der Waals surface area contributed by atoms with Crippen LogP contribution in [0.4, 0.5) is 0 Å². The van der Waals surface area contributed by atoms with E-state index in [1.807, 2.05) is 0 Å². The van der Waals surface area contributed by atoms with Gasteiger partial charge in [-0.25, -0.2) is 0 Å². The minimum absolute atomic E-state index is 0.0235. The number of hydrogen-bond donors (Lipinski definition) is 0. The van der Waals surface area contributed by atoms with Crippen LogP contribution in [0.5, 0.6) is 0 Å². The Labute approximate surface area is 88.6 Å². The highest BCUT2D eigenvalue weighted by Crippen LogP contribution is 2.26. The van der Waals surface area contributed by atoms with E-state index in [-0.39, 0.29) is 5.60 Å². The zero-order valence-corrected chi connectivity index (χ0v) is 10.5. The Morgan fingerprint density at radius 2 is 1.79 bits per heavy atom. The summed E-state index contributed by atoms with van der Waals surface area (Å²) in [6.07, 6.45) is 0. The smallest absolute Gasteiger partial charge is 0.0753 e. The molecule has 0 aromatic rings. The van der Waals surface area contributed by atoms with Gasteiger partial charge in [0.1, 0.15) is 0 Å². The van der Waals surface area contributed by atoms with Gasteiger partial charge in [0.05, 0.1) is 12.2 Å². The van der Waals surface area contributed by atoms with Crippen molar-refractivity contribution in [1.82, 2.24) is 4.90 Å². The number of morpholine rings is 1. The zero-order chi connectivity index (χ0) is 10.9. The van der Waals surface area contributed by atoms with Crippen molar-refractivity contribution in [3.8, 4) is 0 Å². The Balaban J connectivity index is 2.71. The van der Waals surface area contributed by atoms with Gasteiger partial charge in [-0.3, -0.25) is 4.90 Å². The molecule has 1 heterocycles. The van der Waals surface area contributed by atoms with Gasteiger partial charge >= 0.3 is 0 Å². The standard InChI is InChI=1S/C12H25NO/c1-9(2)11-7-14-12(5,6)8-13(11)10(3)4/h9-11H,7-8H2,1-6H3. The second-order valence-electron chi connectivity index (χ2n) is 5.65. The van der Waals surface area contributed by atoms with E-state index in [4.69, 9.17) is 4.74 Å². The Kier molecular flexibility index (Phi) is 3.59. The van der Waals surface area contributed by atoms with Crippen LogP contribution in [0, 0.1) is 5.92 Å². The van der Waals surface area contributed by atoms with Gasteiger partial charge < -0.3 is 4.74 Å². The molecule has 2 nitrogen and oxygen atoms in total. The van der Waals surface area contributed by atoms with Gasteiger partial charge in [0.2, 0.25) is 0 Å². The first kappa shape index (κ1) is 12.0. The third-order valence-corrected chi connectivity index (χ3v) is 3.07. The Hall–Kier alpha value is -0.0800. The first-order valence-electron chi connectivity index (χ1n) is 5.73. The molecule has 1 fully saturated rings. The lowest BCUT2D eigenvalue weighted by molar-refractivity contribution is -0.132. The third-order valence-electron chi connectivity index (χ3n) is 3.07. The van der Waals surface area contributed by atoms with Crippen LogP contribution >= 0.6 is 0 Å². The van der Waals surface area contributed by atoms with E-state index in [0.717, 1.165) is 13.2 Å². The molecule has 0 N–H and O–H groups in total. The van der Waals surface area contributed by atoms with E-state index >= 15 is 0 Å². The lowest BCUT2D eigenvalue weighted by atomic mass is 9.96. The minimum Gasteiger partial charge on any atom is -0.373 e. The Morgan fingerprint density at radius 1 is 1.21 bits per heavy atom. The lowest BCUT2D eigenvalue weighted by Crippen LogP contribution is -2.57. The van der Waals surface area contributed by atoms with Crippen molar-refractivity contribution in [2.24, 2.45) is 5.92 Å². The van der Waals surface area contributed by atoms with E-state index in [9.17, 15) is 0 Å². The first-order valence-corrected chi connectivity index (χ1v) is 5.73. The summed E-state index contributed by atoms with van der Waals surface area (Å²) in [5, 5.41) is 0. The Bertz CT molecular complexity index is 187. The lowest BCUT2D eigenvalue weighted by Gasteiger charge is -2.47. The van der Waals surface area contributed by atoms with Gasteiger partial charge in [-0.2, -0.15) is 0 Å². The number of hydrogen-bond acceptors (Lipinski definition) is 2. The van der Waals surface area contributed by atoms with E-state index < -0.39 is 0 Å². The van der Waals surface area contributed by atoms with E-state index in [2.05, 4.69) is 46.4 Å². The summed E-state index contributed by atoms with van der Waals surface area (Å²) >= 11 is 0. The minimum atomic E-state index is 0.0235. The molecule has 1 unspecified atom stereocenters. The predicted molar refractivity (Wildman–Crippen MR) is 60.5 cm³/mol. The van der Waals surface area contributed by atoms with Crippen LogP contribution in [-0.2, 0) is 4.74 Å². The molecular formula is C12H25NO. The molecule has 0 aliphatic carbocycles. The molecule has 0 spiro atoms. The van der Waals surface area contributed by atoms with Crippen LogP contribution in [0.2, 0.25) is 0 Å². The summed E-state index contributed by atoms with van der Waals surface area (Å²) in [6.45, 7) is 15.4. The van der Waals surface area contributed by atoms with Crippen LogP contribution in [0.3, 0.4) is 0 Å². The molecule has 0 bridgehead atoms. The zero-order valence-electron chi connectivity index (χ0n) is 10.5. The van der Waals surface area contributed by atoms with Crippen LogP contribution in [0.25, 0.3) is 0 Å². The third kappa shape index (κ3) is 2.71. The molecule has 0 radical (unpaired) electrons. The van der Waals surface area contributed by atoms with Crippen molar-refractivity contribution >= 4 is 0 Å². The van der Waals surface area contributed by atoms with Crippen molar-refractivity contribution in [3.63, 3.8) is 0 Å². The number of nitrogens with zero attached hydrogens (tertiary/aromatic N) is 1. The number of rotatable bonds is 2. The molecule has 14 heavy (non-hydrogen) atoms. The second-order valence-corrected chi connectivity index (χ2v) is 5.65. The molecule has 1 saturated heterocycles. The summed E-state index contributed by atoms with van der Waals surface area (Å²) in [6, 6.07) is 1.20. The topological polar surface area (TPSA) is 12.5 Å². The van der Waals surface area contributed by atoms with Gasteiger partial charge in [0.25, 0.3) is 0 Å². The summed E-state index contributed by atoms with van der Waals surface area (Å²) in [5.74, 6) is 0.675. The summed E-state index contributed by atoms with van der Waals surface area (Å²) in [4.78, 5) is 2.58. The van der Waals surface area contributed by atoms with Crippen LogP contribution in [0.1, 0.15) is 41.5 Å². The normalized spacial score (nSPS) is 28.7. The predicted octanol–water partition coefficient (Wildman–Crippen LogP) is 2.53. The summed E-state index contributed by atoms with van der Waals surface area (Å²) in [7, 11) is 0. The largest absolute Gasteiger partial charge is 0.373 e. The molecule has 1 aliphatic heterocycles. The van der Waals surface area contributed by atoms with Crippen LogP contribution in [0.15, 0.2) is 0 Å². The monoisotopic (exact) mass is 199 g/mol.